The molecule has 3 heterocycles. The van der Waals surface area contributed by atoms with E-state index in [9.17, 15) is 4.79 Å². The first-order valence-corrected chi connectivity index (χ1v) is 10.3. The van der Waals surface area contributed by atoms with Crippen molar-refractivity contribution in [3.05, 3.63) is 77.9 Å². The number of rotatable bonds is 4. The number of anilines is 1. The Balaban J connectivity index is 1.39. The Morgan fingerprint density at radius 1 is 1.19 bits per heavy atom. The third-order valence-corrected chi connectivity index (χ3v) is 5.17. The topological polar surface area (TPSA) is 80.2 Å². The molecule has 31 heavy (non-hydrogen) atoms. The van der Waals surface area contributed by atoms with Gasteiger partial charge in [-0.1, -0.05) is 30.7 Å². The molecule has 4 rings (SSSR count). The van der Waals surface area contributed by atoms with Crippen molar-refractivity contribution in [2.75, 3.05) is 18.4 Å². The smallest absolute Gasteiger partial charge is 0.321 e. The molecule has 1 aromatic carbocycles. The van der Waals surface area contributed by atoms with Gasteiger partial charge in [-0.3, -0.25) is 4.98 Å². The highest BCUT2D eigenvalue weighted by Gasteiger charge is 2.24. The normalized spacial score (nSPS) is 17.4. The average Bonchev–Trinajstić information content (AvgIpc) is 2.78. The fourth-order valence-electron chi connectivity index (χ4n) is 3.51. The zero-order chi connectivity index (χ0) is 21.6. The van der Waals surface area contributed by atoms with E-state index in [0.29, 0.717) is 30.5 Å². The number of hydrogen-bond acceptors (Lipinski definition) is 5. The lowest BCUT2D eigenvalue weighted by Crippen LogP contribution is -2.42. The van der Waals surface area contributed by atoms with Crippen molar-refractivity contribution in [3.63, 3.8) is 0 Å². The highest BCUT2D eigenvalue weighted by atomic mass is 16.5. The summed E-state index contributed by atoms with van der Waals surface area (Å²) in [7, 11) is 0. The minimum Gasteiger partial charge on any atom is -0.424 e. The summed E-state index contributed by atoms with van der Waals surface area (Å²) in [4.78, 5) is 26.8. The van der Waals surface area contributed by atoms with Gasteiger partial charge in [0.25, 0.3) is 0 Å². The van der Waals surface area contributed by atoms with Crippen LogP contribution in [0.15, 0.2) is 66.8 Å². The van der Waals surface area contributed by atoms with Gasteiger partial charge in [-0.15, -0.1) is 0 Å². The maximum absolute atomic E-state index is 12.6. The Morgan fingerprint density at radius 2 is 2.03 bits per heavy atom. The summed E-state index contributed by atoms with van der Waals surface area (Å²) in [6, 6.07) is 11.7. The molecule has 3 aromatic rings. The molecule has 2 amide bonds. The number of piperidine rings is 1. The summed E-state index contributed by atoms with van der Waals surface area (Å²) in [5.41, 5.74) is 4.06. The van der Waals surface area contributed by atoms with Crippen LogP contribution in [0.25, 0.3) is 6.08 Å². The van der Waals surface area contributed by atoms with Crippen molar-refractivity contribution in [2.24, 2.45) is 5.92 Å². The van der Waals surface area contributed by atoms with E-state index < -0.39 is 0 Å². The number of ether oxygens (including phenoxy) is 1. The van der Waals surface area contributed by atoms with Crippen molar-refractivity contribution in [3.8, 4) is 11.8 Å². The Labute approximate surface area is 181 Å². The highest BCUT2D eigenvalue weighted by Crippen LogP contribution is 2.27. The zero-order valence-electron chi connectivity index (χ0n) is 17.7. The van der Waals surface area contributed by atoms with Crippen LogP contribution in [-0.4, -0.2) is 39.0 Å². The van der Waals surface area contributed by atoms with Crippen LogP contribution < -0.4 is 10.1 Å². The number of hydrogen-bond donors (Lipinski definition) is 1. The number of likely N-dealkylation sites (tertiary alicyclic amines) is 1. The standard InChI is InChI=1S/C24H25N5O2/c1-17-13-26-23(27-14-17)31-22-7-3-5-19(12-22)11-20-8-10-29(16-18(20)2)24(30)28-21-6-4-9-25-15-21/h3-7,9,11-15,18H,8,10,16H2,1-2H3,(H,28,30). The van der Waals surface area contributed by atoms with Crippen LogP contribution in [0, 0.1) is 12.8 Å². The Bertz CT molecular complexity index is 1070. The predicted octanol–water partition coefficient (Wildman–Crippen LogP) is 4.93. The maximum atomic E-state index is 12.6. The lowest BCUT2D eigenvalue weighted by molar-refractivity contribution is 0.198. The van der Waals surface area contributed by atoms with Crippen LogP contribution in [-0.2, 0) is 0 Å². The van der Waals surface area contributed by atoms with Gasteiger partial charge in [0.1, 0.15) is 5.75 Å². The quantitative estimate of drug-likeness (QED) is 0.653. The largest absolute Gasteiger partial charge is 0.424 e. The number of carbonyl (C=O) groups excluding carboxylic acids is 1. The number of amides is 2. The third kappa shape index (κ3) is 5.45. The number of urea groups is 1. The van der Waals surface area contributed by atoms with Gasteiger partial charge in [0, 0.05) is 31.7 Å². The molecule has 0 bridgehead atoms. The summed E-state index contributed by atoms with van der Waals surface area (Å²) in [5, 5.41) is 2.91. The molecule has 0 saturated carbocycles. The van der Waals surface area contributed by atoms with Gasteiger partial charge in [-0.2, -0.15) is 0 Å². The first-order valence-electron chi connectivity index (χ1n) is 10.3. The fraction of sp³-hybridized carbons (Fsp3) is 0.250. The number of carbonyl (C=O) groups is 1. The molecule has 1 unspecified atom stereocenters. The van der Waals surface area contributed by atoms with Gasteiger partial charge in [-0.25, -0.2) is 14.8 Å². The van der Waals surface area contributed by atoms with E-state index in [1.54, 1.807) is 30.9 Å². The highest BCUT2D eigenvalue weighted by molar-refractivity contribution is 5.89. The summed E-state index contributed by atoms with van der Waals surface area (Å²) in [6.45, 7) is 5.43. The van der Waals surface area contributed by atoms with E-state index in [1.807, 2.05) is 42.2 Å². The SMILES string of the molecule is Cc1cnc(Oc2cccc(C=C3CCN(C(=O)Nc4cccnc4)CC3C)c2)nc1. The maximum Gasteiger partial charge on any atom is 0.321 e. The van der Waals surface area contributed by atoms with Gasteiger partial charge in [0.05, 0.1) is 11.9 Å². The number of benzene rings is 1. The molecule has 0 radical (unpaired) electrons. The van der Waals surface area contributed by atoms with E-state index in [4.69, 9.17) is 4.74 Å². The van der Waals surface area contributed by atoms with Crippen LogP contribution in [0.5, 0.6) is 11.8 Å². The number of aromatic nitrogens is 3. The number of nitrogens with one attached hydrogen (secondary N) is 1. The van der Waals surface area contributed by atoms with E-state index in [2.05, 4.69) is 33.3 Å². The Hall–Kier alpha value is -3.74. The minimum atomic E-state index is -0.0904. The van der Waals surface area contributed by atoms with Crippen LogP contribution in [0.2, 0.25) is 0 Å². The first kappa shape index (κ1) is 20.5. The van der Waals surface area contributed by atoms with Crippen molar-refractivity contribution in [2.45, 2.75) is 20.3 Å². The second kappa shape index (κ2) is 9.38. The van der Waals surface area contributed by atoms with Crippen LogP contribution >= 0.6 is 0 Å². The van der Waals surface area contributed by atoms with Crippen molar-refractivity contribution < 1.29 is 9.53 Å². The number of aryl methyl sites for hydroxylation is 1. The lowest BCUT2D eigenvalue weighted by atomic mass is 9.91. The van der Waals surface area contributed by atoms with Crippen molar-refractivity contribution in [1.29, 1.82) is 0 Å². The van der Waals surface area contributed by atoms with E-state index >= 15 is 0 Å². The summed E-state index contributed by atoms with van der Waals surface area (Å²) < 4.78 is 5.78. The summed E-state index contributed by atoms with van der Waals surface area (Å²) in [5.74, 6) is 0.956. The second-order valence-corrected chi connectivity index (χ2v) is 7.71. The van der Waals surface area contributed by atoms with E-state index in [1.165, 1.54) is 5.57 Å². The van der Waals surface area contributed by atoms with Gasteiger partial charge in [-0.05, 0) is 54.7 Å². The first-order chi connectivity index (χ1) is 15.1. The average molecular weight is 415 g/mol. The van der Waals surface area contributed by atoms with Gasteiger partial charge in [0.2, 0.25) is 0 Å². The molecular weight excluding hydrogens is 390 g/mol. The molecule has 1 saturated heterocycles. The summed E-state index contributed by atoms with van der Waals surface area (Å²) in [6.07, 6.45) is 9.80. The van der Waals surface area contributed by atoms with Gasteiger partial charge in [0.15, 0.2) is 0 Å². The van der Waals surface area contributed by atoms with Gasteiger partial charge < -0.3 is 15.0 Å². The zero-order valence-corrected chi connectivity index (χ0v) is 17.7. The van der Waals surface area contributed by atoms with Crippen molar-refractivity contribution in [1.82, 2.24) is 19.9 Å². The molecule has 1 aliphatic heterocycles. The molecule has 0 aliphatic carbocycles. The lowest BCUT2D eigenvalue weighted by Gasteiger charge is -2.33. The molecule has 0 spiro atoms. The van der Waals surface area contributed by atoms with E-state index in [-0.39, 0.29) is 11.9 Å². The molecular formula is C24H25N5O2. The Morgan fingerprint density at radius 3 is 2.77 bits per heavy atom. The second-order valence-electron chi connectivity index (χ2n) is 7.71. The van der Waals surface area contributed by atoms with Crippen LogP contribution in [0.1, 0.15) is 24.5 Å². The third-order valence-electron chi connectivity index (χ3n) is 5.17. The van der Waals surface area contributed by atoms with E-state index in [0.717, 1.165) is 17.5 Å². The van der Waals surface area contributed by atoms with Crippen LogP contribution in [0.3, 0.4) is 0 Å². The molecule has 2 aromatic heterocycles. The molecule has 7 heteroatoms. The molecule has 1 fully saturated rings. The van der Waals surface area contributed by atoms with Crippen LogP contribution in [0.4, 0.5) is 10.5 Å². The minimum absolute atomic E-state index is 0.0904. The Kier molecular flexibility index (Phi) is 6.21. The molecule has 1 atom stereocenters. The molecule has 158 valence electrons. The molecule has 7 nitrogen and oxygen atoms in total. The summed E-state index contributed by atoms with van der Waals surface area (Å²) >= 11 is 0. The fourth-order valence-corrected chi connectivity index (χ4v) is 3.51. The van der Waals surface area contributed by atoms with Gasteiger partial charge >= 0.3 is 12.0 Å². The molecule has 1 aliphatic rings. The molecule has 1 N–H and O–H groups in total. The number of pyridine rings is 1. The number of nitrogens with zero attached hydrogens (tertiary/aromatic N) is 4. The monoisotopic (exact) mass is 415 g/mol. The predicted molar refractivity (Wildman–Crippen MR) is 120 cm³/mol. The van der Waals surface area contributed by atoms with Crippen molar-refractivity contribution >= 4 is 17.8 Å².